The number of ketones is 1. The van der Waals surface area contributed by atoms with E-state index in [1.165, 1.54) is 13.8 Å². The van der Waals surface area contributed by atoms with Crippen molar-refractivity contribution in [2.75, 3.05) is 19.0 Å². The van der Waals surface area contributed by atoms with Gasteiger partial charge in [-0.3, -0.25) is 14.4 Å². The molecule has 28 heavy (non-hydrogen) atoms. The molecule has 1 unspecified atom stereocenters. The summed E-state index contributed by atoms with van der Waals surface area (Å²) in [6, 6.07) is 13.4. The summed E-state index contributed by atoms with van der Waals surface area (Å²) in [5.74, 6) is 0.213. The lowest BCUT2D eigenvalue weighted by molar-refractivity contribution is -0.153. The minimum atomic E-state index is -0.940. The number of Topliss-reactive ketones (excluding diaryl/α,β-unsaturated/α-hetero) is 1. The largest absolute Gasteiger partial charge is 0.497 e. The van der Waals surface area contributed by atoms with Crippen molar-refractivity contribution in [2.45, 2.75) is 26.4 Å². The molecule has 0 spiro atoms. The van der Waals surface area contributed by atoms with Crippen LogP contribution >= 0.6 is 0 Å². The molecule has 2 rings (SSSR count). The van der Waals surface area contributed by atoms with Crippen LogP contribution in [-0.4, -0.2) is 37.5 Å². The molecule has 1 atom stereocenters. The molecule has 0 aliphatic rings. The summed E-state index contributed by atoms with van der Waals surface area (Å²) in [7, 11) is 1.56. The molecular formula is C21H23NO6. The second-order valence-electron chi connectivity index (χ2n) is 6.03. The number of hydrogen-bond acceptors (Lipinski definition) is 6. The standard InChI is InChI=1S/C21H23NO6/c1-14(23)16-4-8-19(9-5-16)27-13-12-20(24)28-15(2)21(25)22-17-6-10-18(26-3)11-7-17/h4-11,15H,12-13H2,1-3H3,(H,22,25). The zero-order valence-electron chi connectivity index (χ0n) is 16.1. The second-order valence-corrected chi connectivity index (χ2v) is 6.03. The summed E-state index contributed by atoms with van der Waals surface area (Å²) >= 11 is 0. The molecule has 0 saturated heterocycles. The maximum Gasteiger partial charge on any atom is 0.310 e. The number of carbonyl (C=O) groups excluding carboxylic acids is 3. The van der Waals surface area contributed by atoms with Crippen molar-refractivity contribution in [3.05, 3.63) is 54.1 Å². The summed E-state index contributed by atoms with van der Waals surface area (Å²) in [6.07, 6.45) is -0.946. The number of amides is 1. The predicted octanol–water partition coefficient (Wildman–Crippen LogP) is 3.24. The van der Waals surface area contributed by atoms with E-state index < -0.39 is 18.0 Å². The predicted molar refractivity (Wildman–Crippen MR) is 104 cm³/mol. The zero-order chi connectivity index (χ0) is 20.5. The Balaban J connectivity index is 1.73. The van der Waals surface area contributed by atoms with Gasteiger partial charge in [-0.25, -0.2) is 0 Å². The molecule has 0 radical (unpaired) electrons. The fourth-order valence-electron chi connectivity index (χ4n) is 2.27. The van der Waals surface area contributed by atoms with E-state index in [9.17, 15) is 14.4 Å². The van der Waals surface area contributed by atoms with Gasteiger partial charge in [0, 0.05) is 11.3 Å². The molecule has 2 aromatic carbocycles. The normalized spacial score (nSPS) is 11.2. The van der Waals surface area contributed by atoms with Gasteiger partial charge in [-0.1, -0.05) is 0 Å². The fraction of sp³-hybridized carbons (Fsp3) is 0.286. The highest BCUT2D eigenvalue weighted by atomic mass is 16.5. The van der Waals surface area contributed by atoms with Gasteiger partial charge in [0.1, 0.15) is 11.5 Å². The van der Waals surface area contributed by atoms with Gasteiger partial charge in [0.25, 0.3) is 5.91 Å². The lowest BCUT2D eigenvalue weighted by atomic mass is 10.1. The van der Waals surface area contributed by atoms with E-state index >= 15 is 0 Å². The van der Waals surface area contributed by atoms with Crippen molar-refractivity contribution in [1.29, 1.82) is 0 Å². The molecule has 1 N–H and O–H groups in total. The van der Waals surface area contributed by atoms with Gasteiger partial charge in [-0.2, -0.15) is 0 Å². The van der Waals surface area contributed by atoms with E-state index in [1.54, 1.807) is 55.6 Å². The maximum absolute atomic E-state index is 12.1. The summed E-state index contributed by atoms with van der Waals surface area (Å²) < 4.78 is 15.6. The maximum atomic E-state index is 12.1. The lowest BCUT2D eigenvalue weighted by Gasteiger charge is -2.14. The number of benzene rings is 2. The van der Waals surface area contributed by atoms with Gasteiger partial charge in [-0.15, -0.1) is 0 Å². The van der Waals surface area contributed by atoms with Crippen molar-refractivity contribution in [3.63, 3.8) is 0 Å². The molecule has 0 aromatic heterocycles. The van der Waals surface area contributed by atoms with Crippen LogP contribution in [0.2, 0.25) is 0 Å². The Kier molecular flexibility index (Phi) is 7.56. The number of anilines is 1. The van der Waals surface area contributed by atoms with Crippen molar-refractivity contribution in [1.82, 2.24) is 0 Å². The first-order chi connectivity index (χ1) is 13.4. The first-order valence-corrected chi connectivity index (χ1v) is 8.77. The number of hydrogen-bond donors (Lipinski definition) is 1. The van der Waals surface area contributed by atoms with E-state index in [1.807, 2.05) is 0 Å². The Labute approximate surface area is 163 Å². The fourth-order valence-corrected chi connectivity index (χ4v) is 2.27. The third-order valence-corrected chi connectivity index (χ3v) is 3.87. The van der Waals surface area contributed by atoms with Crippen LogP contribution in [0.1, 0.15) is 30.6 Å². The van der Waals surface area contributed by atoms with Crippen LogP contribution in [0.3, 0.4) is 0 Å². The van der Waals surface area contributed by atoms with Gasteiger partial charge in [0.15, 0.2) is 11.9 Å². The number of nitrogens with one attached hydrogen (secondary N) is 1. The molecule has 0 saturated carbocycles. The van der Waals surface area contributed by atoms with Crippen LogP contribution < -0.4 is 14.8 Å². The molecule has 0 aliphatic carbocycles. The quantitative estimate of drug-likeness (QED) is 0.526. The molecule has 0 bridgehead atoms. The third-order valence-electron chi connectivity index (χ3n) is 3.87. The van der Waals surface area contributed by atoms with E-state index in [0.29, 0.717) is 22.7 Å². The SMILES string of the molecule is COc1ccc(NC(=O)C(C)OC(=O)CCOc2ccc(C(C)=O)cc2)cc1. The number of esters is 1. The molecular weight excluding hydrogens is 362 g/mol. The molecule has 2 aromatic rings. The second kappa shape index (κ2) is 10.1. The van der Waals surface area contributed by atoms with Crippen LogP contribution in [-0.2, 0) is 14.3 Å². The highest BCUT2D eigenvalue weighted by Gasteiger charge is 2.18. The number of carbonyl (C=O) groups is 3. The molecule has 0 heterocycles. The number of rotatable bonds is 9. The molecule has 148 valence electrons. The molecule has 1 amide bonds. The first-order valence-electron chi connectivity index (χ1n) is 8.77. The lowest BCUT2D eigenvalue weighted by Crippen LogP contribution is -2.30. The average molecular weight is 385 g/mol. The Bertz CT molecular complexity index is 814. The Morgan fingerprint density at radius 1 is 0.964 bits per heavy atom. The van der Waals surface area contributed by atoms with E-state index in [0.717, 1.165) is 0 Å². The van der Waals surface area contributed by atoms with Crippen LogP contribution in [0.5, 0.6) is 11.5 Å². The third kappa shape index (κ3) is 6.42. The van der Waals surface area contributed by atoms with Gasteiger partial charge >= 0.3 is 5.97 Å². The van der Waals surface area contributed by atoms with Crippen LogP contribution in [0.15, 0.2) is 48.5 Å². The van der Waals surface area contributed by atoms with Gasteiger partial charge in [-0.05, 0) is 62.4 Å². The molecule has 7 nitrogen and oxygen atoms in total. The van der Waals surface area contributed by atoms with Gasteiger partial charge < -0.3 is 19.5 Å². The zero-order valence-corrected chi connectivity index (χ0v) is 16.1. The van der Waals surface area contributed by atoms with Crippen LogP contribution in [0, 0.1) is 0 Å². The van der Waals surface area contributed by atoms with Crippen molar-refractivity contribution in [3.8, 4) is 11.5 Å². The van der Waals surface area contributed by atoms with E-state index in [4.69, 9.17) is 14.2 Å². The summed E-state index contributed by atoms with van der Waals surface area (Å²) in [6.45, 7) is 3.08. The highest BCUT2D eigenvalue weighted by Crippen LogP contribution is 2.16. The summed E-state index contributed by atoms with van der Waals surface area (Å²) in [4.78, 5) is 35.2. The molecule has 0 aliphatic heterocycles. The van der Waals surface area contributed by atoms with Crippen molar-refractivity contribution < 1.29 is 28.6 Å². The van der Waals surface area contributed by atoms with Crippen molar-refractivity contribution >= 4 is 23.3 Å². The smallest absolute Gasteiger partial charge is 0.310 e. The average Bonchev–Trinajstić information content (AvgIpc) is 2.68. The van der Waals surface area contributed by atoms with Crippen molar-refractivity contribution in [2.24, 2.45) is 0 Å². The van der Waals surface area contributed by atoms with Gasteiger partial charge in [0.2, 0.25) is 0 Å². The topological polar surface area (TPSA) is 90.9 Å². The van der Waals surface area contributed by atoms with E-state index in [-0.39, 0.29) is 18.8 Å². The highest BCUT2D eigenvalue weighted by molar-refractivity contribution is 5.95. The number of ether oxygens (including phenoxy) is 3. The molecule has 7 heteroatoms. The number of methoxy groups -OCH3 is 1. The van der Waals surface area contributed by atoms with Crippen LogP contribution in [0.25, 0.3) is 0 Å². The Morgan fingerprint density at radius 3 is 2.14 bits per heavy atom. The monoisotopic (exact) mass is 385 g/mol. The Morgan fingerprint density at radius 2 is 1.57 bits per heavy atom. The first kappa shape index (κ1) is 21.0. The van der Waals surface area contributed by atoms with Crippen LogP contribution in [0.4, 0.5) is 5.69 Å². The minimum Gasteiger partial charge on any atom is -0.497 e. The Hall–Kier alpha value is -3.35. The summed E-state index contributed by atoms with van der Waals surface area (Å²) in [5.41, 5.74) is 1.16. The molecule has 0 fully saturated rings. The minimum absolute atomic E-state index is 0.00534. The summed E-state index contributed by atoms with van der Waals surface area (Å²) in [5, 5.41) is 2.66. The van der Waals surface area contributed by atoms with Gasteiger partial charge in [0.05, 0.1) is 20.1 Å². The van der Waals surface area contributed by atoms with E-state index in [2.05, 4.69) is 5.32 Å².